The number of halogens is 1. The minimum atomic E-state index is -0.607. The van der Waals surface area contributed by atoms with Crippen LogP contribution in [0.3, 0.4) is 0 Å². The van der Waals surface area contributed by atoms with Gasteiger partial charge in [-0.25, -0.2) is 4.79 Å². The zero-order chi connectivity index (χ0) is 16.9. The highest BCUT2D eigenvalue weighted by Gasteiger charge is 2.15. The lowest BCUT2D eigenvalue weighted by Gasteiger charge is -2.11. The number of hydrogen-bond acceptors (Lipinski definition) is 3. The fraction of sp³-hybridized carbons (Fsp3) is 0.0500. The number of ether oxygens (including phenoxy) is 1. The maximum Gasteiger partial charge on any atom is 0.347 e. The van der Waals surface area contributed by atoms with Crippen LogP contribution in [0, 0.1) is 0 Å². The van der Waals surface area contributed by atoms with Crippen molar-refractivity contribution in [1.82, 2.24) is 0 Å². The maximum atomic E-state index is 12.3. The Balaban J connectivity index is 1.88. The van der Waals surface area contributed by atoms with Crippen LogP contribution in [0.15, 0.2) is 72.8 Å². The van der Waals surface area contributed by atoms with Crippen LogP contribution in [0.25, 0.3) is 0 Å². The zero-order valence-corrected chi connectivity index (χ0v) is 13.5. The van der Waals surface area contributed by atoms with E-state index in [0.29, 0.717) is 17.2 Å². The molecular formula is C20H15ClO3. The van der Waals surface area contributed by atoms with Crippen molar-refractivity contribution in [3.05, 3.63) is 94.5 Å². The van der Waals surface area contributed by atoms with E-state index in [1.807, 2.05) is 30.3 Å². The van der Waals surface area contributed by atoms with E-state index in [2.05, 4.69) is 0 Å². The van der Waals surface area contributed by atoms with Crippen molar-refractivity contribution in [3.8, 4) is 11.5 Å². The van der Waals surface area contributed by atoms with Gasteiger partial charge in [0.25, 0.3) is 0 Å². The monoisotopic (exact) mass is 338 g/mol. The smallest absolute Gasteiger partial charge is 0.347 e. The fourth-order valence-corrected chi connectivity index (χ4v) is 2.60. The lowest BCUT2D eigenvalue weighted by Crippen LogP contribution is -2.10. The van der Waals surface area contributed by atoms with Crippen LogP contribution in [-0.2, 0) is 6.42 Å². The van der Waals surface area contributed by atoms with Crippen molar-refractivity contribution in [3.63, 3.8) is 0 Å². The number of phenols is 1. The SMILES string of the molecule is O=C(Oc1ccc(Cl)cc1Cc1ccccc1)c1ccccc1O. The maximum absolute atomic E-state index is 12.3. The molecule has 0 aliphatic heterocycles. The van der Waals surface area contributed by atoms with Gasteiger partial charge in [-0.05, 0) is 35.9 Å². The molecule has 0 aliphatic carbocycles. The summed E-state index contributed by atoms with van der Waals surface area (Å²) in [5.41, 5.74) is 2.01. The molecule has 0 fully saturated rings. The average Bonchev–Trinajstić information content (AvgIpc) is 2.58. The summed E-state index contributed by atoms with van der Waals surface area (Å²) in [6.07, 6.45) is 0.588. The molecule has 0 unspecified atom stereocenters. The molecule has 0 aromatic heterocycles. The third kappa shape index (κ3) is 3.76. The molecule has 0 aliphatic rings. The fourth-order valence-electron chi connectivity index (χ4n) is 2.40. The summed E-state index contributed by atoms with van der Waals surface area (Å²) in [5, 5.41) is 10.4. The number of hydrogen-bond donors (Lipinski definition) is 1. The number of rotatable bonds is 4. The van der Waals surface area contributed by atoms with E-state index < -0.39 is 5.97 Å². The minimum absolute atomic E-state index is 0.110. The predicted octanol–water partition coefficient (Wildman–Crippen LogP) is 4.86. The molecule has 3 rings (SSSR count). The molecule has 3 nitrogen and oxygen atoms in total. The topological polar surface area (TPSA) is 46.5 Å². The second kappa shape index (κ2) is 7.20. The van der Waals surface area contributed by atoms with E-state index in [1.165, 1.54) is 12.1 Å². The lowest BCUT2D eigenvalue weighted by atomic mass is 10.0. The van der Waals surface area contributed by atoms with E-state index >= 15 is 0 Å². The quantitative estimate of drug-likeness (QED) is 0.546. The first-order chi connectivity index (χ1) is 11.6. The van der Waals surface area contributed by atoms with E-state index in [9.17, 15) is 9.90 Å². The third-order valence-electron chi connectivity index (χ3n) is 3.59. The Hall–Kier alpha value is -2.78. The van der Waals surface area contributed by atoms with Crippen LogP contribution in [0.1, 0.15) is 21.5 Å². The van der Waals surface area contributed by atoms with Crippen LogP contribution >= 0.6 is 11.6 Å². The highest BCUT2D eigenvalue weighted by Crippen LogP contribution is 2.27. The summed E-state index contributed by atoms with van der Waals surface area (Å²) >= 11 is 6.08. The van der Waals surface area contributed by atoms with Crippen molar-refractivity contribution in [2.45, 2.75) is 6.42 Å². The molecule has 3 aromatic carbocycles. The number of carbonyl (C=O) groups excluding carboxylic acids is 1. The van der Waals surface area contributed by atoms with Gasteiger partial charge in [0.15, 0.2) is 0 Å². The lowest BCUT2D eigenvalue weighted by molar-refractivity contribution is 0.0730. The number of benzene rings is 3. The highest BCUT2D eigenvalue weighted by molar-refractivity contribution is 6.30. The standard InChI is InChI=1S/C20H15ClO3/c21-16-10-11-19(15(13-16)12-14-6-2-1-3-7-14)24-20(23)17-8-4-5-9-18(17)22/h1-11,13,22H,12H2. The van der Waals surface area contributed by atoms with Gasteiger partial charge in [-0.2, -0.15) is 0 Å². The molecule has 0 heterocycles. The average molecular weight is 339 g/mol. The van der Waals surface area contributed by atoms with Gasteiger partial charge in [0, 0.05) is 17.0 Å². The summed E-state index contributed by atoms with van der Waals surface area (Å²) in [6.45, 7) is 0. The molecular weight excluding hydrogens is 324 g/mol. The molecule has 0 saturated carbocycles. The predicted molar refractivity (Wildman–Crippen MR) is 93.8 cm³/mol. The van der Waals surface area contributed by atoms with Gasteiger partial charge in [-0.3, -0.25) is 0 Å². The highest BCUT2D eigenvalue weighted by atomic mass is 35.5. The molecule has 4 heteroatoms. The summed E-state index contributed by atoms with van der Waals surface area (Å²) < 4.78 is 5.48. The van der Waals surface area contributed by atoms with Crippen molar-refractivity contribution < 1.29 is 14.6 Å². The molecule has 0 spiro atoms. The van der Waals surface area contributed by atoms with Crippen molar-refractivity contribution in [1.29, 1.82) is 0 Å². The summed E-state index contributed by atoms with van der Waals surface area (Å²) in [4.78, 5) is 12.3. The second-order valence-electron chi connectivity index (χ2n) is 5.32. The molecule has 0 radical (unpaired) electrons. The van der Waals surface area contributed by atoms with Crippen LogP contribution in [0.4, 0.5) is 0 Å². The molecule has 0 saturated heterocycles. The number of phenolic OH excluding ortho intramolecular Hbond substituents is 1. The van der Waals surface area contributed by atoms with Gasteiger partial charge in [0.1, 0.15) is 17.1 Å². The molecule has 0 amide bonds. The van der Waals surface area contributed by atoms with Crippen LogP contribution < -0.4 is 4.74 Å². The van der Waals surface area contributed by atoms with E-state index in [-0.39, 0.29) is 11.3 Å². The molecule has 120 valence electrons. The van der Waals surface area contributed by atoms with E-state index in [4.69, 9.17) is 16.3 Å². The van der Waals surface area contributed by atoms with Crippen molar-refractivity contribution in [2.24, 2.45) is 0 Å². The Morgan fingerprint density at radius 1 is 0.958 bits per heavy atom. The minimum Gasteiger partial charge on any atom is -0.507 e. The van der Waals surface area contributed by atoms with Crippen LogP contribution in [0.5, 0.6) is 11.5 Å². The van der Waals surface area contributed by atoms with Crippen LogP contribution in [0.2, 0.25) is 5.02 Å². The Bertz CT molecular complexity index is 860. The number of esters is 1. The van der Waals surface area contributed by atoms with Gasteiger partial charge >= 0.3 is 5.97 Å². The van der Waals surface area contributed by atoms with Gasteiger partial charge in [0.05, 0.1) is 0 Å². The first kappa shape index (κ1) is 16.1. The first-order valence-electron chi connectivity index (χ1n) is 7.46. The van der Waals surface area contributed by atoms with Gasteiger partial charge in [0.2, 0.25) is 0 Å². The summed E-state index contributed by atoms with van der Waals surface area (Å²) in [5.74, 6) is -0.290. The Morgan fingerprint density at radius 2 is 1.67 bits per heavy atom. The molecule has 24 heavy (non-hydrogen) atoms. The third-order valence-corrected chi connectivity index (χ3v) is 3.82. The molecule has 0 bridgehead atoms. The largest absolute Gasteiger partial charge is 0.507 e. The zero-order valence-electron chi connectivity index (χ0n) is 12.8. The Labute approximate surface area is 145 Å². The van der Waals surface area contributed by atoms with E-state index in [0.717, 1.165) is 11.1 Å². The first-order valence-corrected chi connectivity index (χ1v) is 7.84. The number of para-hydroxylation sites is 1. The second-order valence-corrected chi connectivity index (χ2v) is 5.76. The van der Waals surface area contributed by atoms with Crippen molar-refractivity contribution in [2.75, 3.05) is 0 Å². The van der Waals surface area contributed by atoms with Gasteiger partial charge in [-0.1, -0.05) is 54.1 Å². The molecule has 3 aromatic rings. The molecule has 1 N–H and O–H groups in total. The Morgan fingerprint density at radius 3 is 2.42 bits per heavy atom. The number of carbonyl (C=O) groups is 1. The molecule has 0 atom stereocenters. The normalized spacial score (nSPS) is 10.4. The van der Waals surface area contributed by atoms with Crippen LogP contribution in [-0.4, -0.2) is 11.1 Å². The number of aromatic hydroxyl groups is 1. The Kier molecular flexibility index (Phi) is 4.82. The summed E-state index contributed by atoms with van der Waals surface area (Å²) in [6, 6.07) is 21.2. The van der Waals surface area contributed by atoms with Crippen molar-refractivity contribution >= 4 is 17.6 Å². The van der Waals surface area contributed by atoms with E-state index in [1.54, 1.807) is 30.3 Å². The van der Waals surface area contributed by atoms with Gasteiger partial charge < -0.3 is 9.84 Å². The van der Waals surface area contributed by atoms with Gasteiger partial charge in [-0.15, -0.1) is 0 Å². The summed E-state index contributed by atoms with van der Waals surface area (Å²) in [7, 11) is 0.